The molecular formula is C22H21N3O3. The minimum Gasteiger partial charge on any atom is -0.497 e. The number of hydrogen-bond donors (Lipinski definition) is 0. The normalized spacial score (nSPS) is 11.0. The molecule has 0 amide bonds. The van der Waals surface area contributed by atoms with E-state index in [9.17, 15) is 4.79 Å². The number of rotatable bonds is 4. The zero-order valence-electron chi connectivity index (χ0n) is 16.3. The van der Waals surface area contributed by atoms with E-state index in [2.05, 4.69) is 4.98 Å². The zero-order chi connectivity index (χ0) is 19.8. The van der Waals surface area contributed by atoms with Crippen molar-refractivity contribution in [3.63, 3.8) is 0 Å². The van der Waals surface area contributed by atoms with Crippen molar-refractivity contribution in [2.24, 2.45) is 7.05 Å². The molecule has 0 aliphatic carbocycles. The van der Waals surface area contributed by atoms with Crippen molar-refractivity contribution >= 4 is 0 Å². The highest BCUT2D eigenvalue weighted by atomic mass is 16.5. The minimum atomic E-state index is -0.121. The van der Waals surface area contributed by atoms with E-state index in [0.29, 0.717) is 22.9 Å². The summed E-state index contributed by atoms with van der Waals surface area (Å²) in [6.45, 7) is 3.74. The standard InChI is InChI=1S/C22H21N3O3/c1-14-19(22(26)25(24(14)3)17-8-6-5-7-9-17)20-15(2)28-21(23-20)16-10-12-18(27-4)13-11-16/h5-13H,1-4H3. The molecule has 2 aromatic heterocycles. The lowest BCUT2D eigenvalue weighted by Gasteiger charge is -2.07. The number of aromatic nitrogens is 3. The Balaban J connectivity index is 1.84. The molecule has 0 radical (unpaired) electrons. The van der Waals surface area contributed by atoms with Gasteiger partial charge in [0.15, 0.2) is 0 Å². The summed E-state index contributed by atoms with van der Waals surface area (Å²) in [5.74, 6) is 1.85. The Hall–Kier alpha value is -3.54. The Morgan fingerprint density at radius 3 is 2.32 bits per heavy atom. The molecule has 0 bridgehead atoms. The predicted molar refractivity (Wildman–Crippen MR) is 108 cm³/mol. The SMILES string of the molecule is COc1ccc(-c2nc(-c3c(C)n(C)n(-c4ccccc4)c3=O)c(C)o2)cc1. The van der Waals surface area contributed by atoms with Gasteiger partial charge in [-0.3, -0.25) is 9.48 Å². The van der Waals surface area contributed by atoms with E-state index < -0.39 is 0 Å². The highest BCUT2D eigenvalue weighted by molar-refractivity contribution is 5.67. The molecule has 0 fully saturated rings. The molecule has 0 aliphatic heterocycles. The molecule has 6 nitrogen and oxygen atoms in total. The van der Waals surface area contributed by atoms with E-state index in [4.69, 9.17) is 9.15 Å². The highest BCUT2D eigenvalue weighted by Gasteiger charge is 2.23. The number of nitrogens with zero attached hydrogens (tertiary/aromatic N) is 3. The van der Waals surface area contributed by atoms with E-state index in [1.807, 2.05) is 80.2 Å². The number of para-hydroxylation sites is 1. The second kappa shape index (κ2) is 6.88. The topological polar surface area (TPSA) is 62.2 Å². The maximum atomic E-state index is 13.2. The molecule has 0 aliphatic rings. The molecule has 0 atom stereocenters. The van der Waals surface area contributed by atoms with Gasteiger partial charge in [-0.1, -0.05) is 18.2 Å². The second-order valence-electron chi connectivity index (χ2n) is 6.59. The monoisotopic (exact) mass is 375 g/mol. The van der Waals surface area contributed by atoms with Crippen molar-refractivity contribution in [1.29, 1.82) is 0 Å². The zero-order valence-corrected chi connectivity index (χ0v) is 16.3. The molecule has 4 aromatic rings. The summed E-state index contributed by atoms with van der Waals surface area (Å²) in [4.78, 5) is 17.9. The van der Waals surface area contributed by atoms with Crippen molar-refractivity contribution in [2.75, 3.05) is 7.11 Å². The van der Waals surface area contributed by atoms with Crippen molar-refractivity contribution in [3.05, 3.63) is 76.4 Å². The Kier molecular flexibility index (Phi) is 4.39. The van der Waals surface area contributed by atoms with Crippen LogP contribution in [0, 0.1) is 13.8 Å². The van der Waals surface area contributed by atoms with Gasteiger partial charge in [-0.2, -0.15) is 0 Å². The molecular weight excluding hydrogens is 354 g/mol. The Morgan fingerprint density at radius 2 is 1.68 bits per heavy atom. The van der Waals surface area contributed by atoms with Gasteiger partial charge in [0.25, 0.3) is 5.56 Å². The summed E-state index contributed by atoms with van der Waals surface area (Å²) in [6.07, 6.45) is 0. The van der Waals surface area contributed by atoms with E-state index in [1.54, 1.807) is 11.8 Å². The smallest absolute Gasteiger partial charge is 0.281 e. The van der Waals surface area contributed by atoms with Crippen LogP contribution in [0.5, 0.6) is 5.75 Å². The Bertz CT molecular complexity index is 1180. The van der Waals surface area contributed by atoms with E-state index in [0.717, 1.165) is 22.7 Å². The summed E-state index contributed by atoms with van der Waals surface area (Å²) in [5, 5.41) is 0. The van der Waals surface area contributed by atoms with Gasteiger partial charge in [-0.05, 0) is 50.2 Å². The first-order valence-electron chi connectivity index (χ1n) is 8.97. The number of hydrogen-bond acceptors (Lipinski definition) is 4. The van der Waals surface area contributed by atoms with Crippen LogP contribution >= 0.6 is 0 Å². The van der Waals surface area contributed by atoms with E-state index in [-0.39, 0.29) is 5.56 Å². The van der Waals surface area contributed by atoms with Gasteiger partial charge in [0.1, 0.15) is 17.2 Å². The molecule has 2 heterocycles. The third-order valence-corrected chi connectivity index (χ3v) is 4.92. The maximum absolute atomic E-state index is 13.2. The van der Waals surface area contributed by atoms with Crippen molar-refractivity contribution in [2.45, 2.75) is 13.8 Å². The molecule has 0 saturated heterocycles. The van der Waals surface area contributed by atoms with Crippen LogP contribution in [0.3, 0.4) is 0 Å². The average Bonchev–Trinajstić information content (AvgIpc) is 3.19. The molecule has 0 spiro atoms. The summed E-state index contributed by atoms with van der Waals surface area (Å²) in [7, 11) is 3.49. The number of oxazole rings is 1. The first-order chi connectivity index (χ1) is 13.5. The van der Waals surface area contributed by atoms with Gasteiger partial charge in [-0.15, -0.1) is 0 Å². The fourth-order valence-electron chi connectivity index (χ4n) is 3.33. The molecule has 0 unspecified atom stereocenters. The highest BCUT2D eigenvalue weighted by Crippen LogP contribution is 2.30. The summed E-state index contributed by atoms with van der Waals surface area (Å²) in [5.41, 5.74) is 3.45. The van der Waals surface area contributed by atoms with Crippen LogP contribution in [0.15, 0.2) is 63.8 Å². The molecule has 142 valence electrons. The van der Waals surface area contributed by atoms with Crippen LogP contribution < -0.4 is 10.3 Å². The second-order valence-corrected chi connectivity index (χ2v) is 6.59. The van der Waals surface area contributed by atoms with Crippen LogP contribution in [0.2, 0.25) is 0 Å². The molecule has 6 heteroatoms. The summed E-state index contributed by atoms with van der Waals surface area (Å²) < 4.78 is 14.6. The first-order valence-corrected chi connectivity index (χ1v) is 8.97. The number of methoxy groups -OCH3 is 1. The third-order valence-electron chi connectivity index (χ3n) is 4.92. The lowest BCUT2D eigenvalue weighted by Crippen LogP contribution is -2.20. The number of benzene rings is 2. The molecule has 28 heavy (non-hydrogen) atoms. The van der Waals surface area contributed by atoms with Crippen molar-refractivity contribution in [3.8, 4) is 34.1 Å². The Morgan fingerprint density at radius 1 is 1.00 bits per heavy atom. The predicted octanol–water partition coefficient (Wildman–Crippen LogP) is 4.12. The molecule has 0 N–H and O–H groups in total. The van der Waals surface area contributed by atoms with Gasteiger partial charge in [0.05, 0.1) is 18.4 Å². The number of aryl methyl sites for hydroxylation is 1. The van der Waals surface area contributed by atoms with Crippen LogP contribution in [-0.2, 0) is 7.05 Å². The Labute approximate surface area is 162 Å². The lowest BCUT2D eigenvalue weighted by molar-refractivity contribution is 0.415. The lowest BCUT2D eigenvalue weighted by atomic mass is 10.1. The minimum absolute atomic E-state index is 0.121. The van der Waals surface area contributed by atoms with Gasteiger partial charge in [0, 0.05) is 18.3 Å². The maximum Gasteiger partial charge on any atom is 0.281 e. The van der Waals surface area contributed by atoms with Crippen LogP contribution in [0.4, 0.5) is 0 Å². The van der Waals surface area contributed by atoms with E-state index in [1.165, 1.54) is 0 Å². The van der Waals surface area contributed by atoms with Gasteiger partial charge in [-0.25, -0.2) is 9.67 Å². The fourth-order valence-corrected chi connectivity index (χ4v) is 3.33. The van der Waals surface area contributed by atoms with Gasteiger partial charge >= 0.3 is 0 Å². The molecule has 2 aromatic carbocycles. The average molecular weight is 375 g/mol. The van der Waals surface area contributed by atoms with Gasteiger partial charge < -0.3 is 9.15 Å². The van der Waals surface area contributed by atoms with Crippen LogP contribution in [0.1, 0.15) is 11.5 Å². The van der Waals surface area contributed by atoms with Crippen LogP contribution in [-0.4, -0.2) is 21.5 Å². The summed E-state index contributed by atoms with van der Waals surface area (Å²) in [6, 6.07) is 17.0. The van der Waals surface area contributed by atoms with Crippen molar-refractivity contribution in [1.82, 2.24) is 14.3 Å². The van der Waals surface area contributed by atoms with Crippen molar-refractivity contribution < 1.29 is 9.15 Å². The third kappa shape index (κ3) is 2.83. The quantitative estimate of drug-likeness (QED) is 0.538. The van der Waals surface area contributed by atoms with E-state index >= 15 is 0 Å². The first kappa shape index (κ1) is 17.9. The largest absolute Gasteiger partial charge is 0.497 e. The van der Waals surface area contributed by atoms with Gasteiger partial charge in [0.2, 0.25) is 5.89 Å². The summed E-state index contributed by atoms with van der Waals surface area (Å²) >= 11 is 0. The fraction of sp³-hybridized carbons (Fsp3) is 0.182. The van der Waals surface area contributed by atoms with Crippen LogP contribution in [0.25, 0.3) is 28.4 Å². The molecule has 4 rings (SSSR count). The number of ether oxygens (including phenoxy) is 1. The molecule has 0 saturated carbocycles.